The topological polar surface area (TPSA) is 30.8 Å². The maximum Gasteiger partial charge on any atom is 0.161 e. The third-order valence-electron chi connectivity index (χ3n) is 2.87. The molecule has 2 rings (SSSR count). The van der Waals surface area contributed by atoms with Crippen molar-refractivity contribution in [2.75, 3.05) is 14.2 Å². The molecule has 0 unspecified atom stereocenters. The first-order chi connectivity index (χ1) is 9.74. The van der Waals surface area contributed by atoms with E-state index in [1.54, 1.807) is 20.4 Å². The molecule has 2 aromatic rings. The van der Waals surface area contributed by atoms with Crippen LogP contribution in [0.25, 0.3) is 0 Å². The molecule has 20 heavy (non-hydrogen) atoms. The van der Waals surface area contributed by atoms with E-state index in [2.05, 4.69) is 4.99 Å². The van der Waals surface area contributed by atoms with Crippen molar-refractivity contribution in [1.82, 2.24) is 0 Å². The number of rotatable bonds is 5. The molecule has 0 heterocycles. The Morgan fingerprint density at radius 2 is 1.80 bits per heavy atom. The Morgan fingerprint density at radius 1 is 1.05 bits per heavy atom. The van der Waals surface area contributed by atoms with Crippen molar-refractivity contribution >= 4 is 17.8 Å². The van der Waals surface area contributed by atoms with Crippen LogP contribution in [0, 0.1) is 0 Å². The van der Waals surface area contributed by atoms with E-state index in [4.69, 9.17) is 21.1 Å². The zero-order valence-electron chi connectivity index (χ0n) is 11.5. The van der Waals surface area contributed by atoms with Gasteiger partial charge in [0.25, 0.3) is 0 Å². The average molecular weight is 290 g/mol. The molecule has 0 radical (unpaired) electrons. The van der Waals surface area contributed by atoms with E-state index in [0.717, 1.165) is 16.1 Å². The molecule has 4 heteroatoms. The van der Waals surface area contributed by atoms with Gasteiger partial charge in [0, 0.05) is 11.2 Å². The van der Waals surface area contributed by atoms with E-state index < -0.39 is 0 Å². The molecule has 0 aliphatic heterocycles. The van der Waals surface area contributed by atoms with E-state index in [9.17, 15) is 0 Å². The molecule has 0 aromatic heterocycles. The number of halogens is 1. The monoisotopic (exact) mass is 289 g/mol. The minimum absolute atomic E-state index is 0.550. The molecule has 0 aliphatic rings. The highest BCUT2D eigenvalue weighted by molar-refractivity contribution is 6.31. The molecule has 0 spiro atoms. The zero-order chi connectivity index (χ0) is 14.4. The highest BCUT2D eigenvalue weighted by atomic mass is 35.5. The van der Waals surface area contributed by atoms with Crippen LogP contribution in [-0.2, 0) is 6.54 Å². The lowest BCUT2D eigenvalue weighted by atomic mass is 10.2. The quantitative estimate of drug-likeness (QED) is 0.780. The Bertz CT molecular complexity index is 611. The Balaban J connectivity index is 2.10. The lowest BCUT2D eigenvalue weighted by molar-refractivity contribution is 0.355. The highest BCUT2D eigenvalue weighted by Gasteiger charge is 2.03. The number of aliphatic imine (C=N–C) groups is 1. The minimum atomic E-state index is 0.550. The largest absolute Gasteiger partial charge is 0.493 e. The molecule has 3 nitrogen and oxygen atoms in total. The second-order valence-corrected chi connectivity index (χ2v) is 4.58. The van der Waals surface area contributed by atoms with E-state index in [1.807, 2.05) is 42.5 Å². The van der Waals surface area contributed by atoms with Crippen LogP contribution in [-0.4, -0.2) is 20.4 Å². The third kappa shape index (κ3) is 3.52. The number of methoxy groups -OCH3 is 2. The maximum absolute atomic E-state index is 6.08. The van der Waals surface area contributed by atoms with Crippen molar-refractivity contribution in [3.8, 4) is 11.5 Å². The van der Waals surface area contributed by atoms with Gasteiger partial charge in [0.1, 0.15) is 0 Å². The Labute approximate surface area is 123 Å². The van der Waals surface area contributed by atoms with Gasteiger partial charge < -0.3 is 9.47 Å². The van der Waals surface area contributed by atoms with Crippen LogP contribution in [0.15, 0.2) is 47.5 Å². The summed E-state index contributed by atoms with van der Waals surface area (Å²) in [6, 6.07) is 13.4. The number of nitrogens with zero attached hydrogens (tertiary/aromatic N) is 1. The molecular formula is C16H16ClNO2. The van der Waals surface area contributed by atoms with Gasteiger partial charge in [-0.3, -0.25) is 4.99 Å². The molecule has 2 aromatic carbocycles. The molecule has 0 aliphatic carbocycles. The van der Waals surface area contributed by atoms with E-state index in [-0.39, 0.29) is 0 Å². The average Bonchev–Trinajstić information content (AvgIpc) is 2.49. The summed E-state index contributed by atoms with van der Waals surface area (Å²) in [7, 11) is 3.23. The Morgan fingerprint density at radius 3 is 2.50 bits per heavy atom. The first-order valence-electron chi connectivity index (χ1n) is 6.20. The fourth-order valence-corrected chi connectivity index (χ4v) is 2.00. The molecule has 0 fully saturated rings. The van der Waals surface area contributed by atoms with Gasteiger partial charge >= 0.3 is 0 Å². The summed E-state index contributed by atoms with van der Waals surface area (Å²) in [5.41, 5.74) is 1.96. The van der Waals surface area contributed by atoms with Crippen molar-refractivity contribution in [2.24, 2.45) is 4.99 Å². The van der Waals surface area contributed by atoms with Crippen molar-refractivity contribution in [2.45, 2.75) is 6.54 Å². The fourth-order valence-electron chi connectivity index (χ4n) is 1.81. The summed E-state index contributed by atoms with van der Waals surface area (Å²) in [6.07, 6.45) is 1.80. The van der Waals surface area contributed by atoms with Crippen LogP contribution in [0.5, 0.6) is 11.5 Å². The van der Waals surface area contributed by atoms with Gasteiger partial charge in [0.05, 0.1) is 20.8 Å². The molecule has 0 atom stereocenters. The summed E-state index contributed by atoms with van der Waals surface area (Å²) in [5, 5.41) is 0.733. The summed E-state index contributed by atoms with van der Waals surface area (Å²) >= 11 is 6.08. The maximum atomic E-state index is 6.08. The van der Waals surface area contributed by atoms with Gasteiger partial charge in [-0.25, -0.2) is 0 Å². The fraction of sp³-hybridized carbons (Fsp3) is 0.188. The Kier molecular flexibility index (Phi) is 5.02. The minimum Gasteiger partial charge on any atom is -0.493 e. The summed E-state index contributed by atoms with van der Waals surface area (Å²) in [5.74, 6) is 1.39. The van der Waals surface area contributed by atoms with Gasteiger partial charge in [-0.05, 0) is 35.4 Å². The molecule has 0 saturated heterocycles. The van der Waals surface area contributed by atoms with Crippen molar-refractivity contribution in [1.29, 1.82) is 0 Å². The predicted molar refractivity (Wildman–Crippen MR) is 82.3 cm³/mol. The van der Waals surface area contributed by atoms with Crippen LogP contribution in [0.4, 0.5) is 0 Å². The van der Waals surface area contributed by atoms with Crippen LogP contribution in [0.3, 0.4) is 0 Å². The number of benzene rings is 2. The molecule has 0 amide bonds. The molecular weight excluding hydrogens is 274 g/mol. The third-order valence-corrected chi connectivity index (χ3v) is 3.24. The van der Waals surface area contributed by atoms with Crippen LogP contribution in [0.2, 0.25) is 5.02 Å². The normalized spacial score (nSPS) is 10.8. The van der Waals surface area contributed by atoms with Gasteiger partial charge in [0.2, 0.25) is 0 Å². The van der Waals surface area contributed by atoms with Crippen molar-refractivity contribution in [3.05, 3.63) is 58.6 Å². The standard InChI is InChI=1S/C16H16ClNO2/c1-19-15-8-7-12(9-16(15)20-2)10-18-11-13-5-3-4-6-14(13)17/h3-10H,11H2,1-2H3. The number of hydrogen-bond acceptors (Lipinski definition) is 3. The van der Waals surface area contributed by atoms with Crippen molar-refractivity contribution < 1.29 is 9.47 Å². The summed E-state index contributed by atoms with van der Waals surface area (Å²) < 4.78 is 10.4. The molecule has 0 saturated carbocycles. The van der Waals surface area contributed by atoms with Gasteiger partial charge in [-0.1, -0.05) is 29.8 Å². The SMILES string of the molecule is COc1ccc(C=NCc2ccccc2Cl)cc1OC. The van der Waals surface area contributed by atoms with Crippen LogP contribution < -0.4 is 9.47 Å². The van der Waals surface area contributed by atoms with E-state index in [1.165, 1.54) is 0 Å². The molecule has 0 N–H and O–H groups in total. The first kappa shape index (κ1) is 14.4. The second kappa shape index (κ2) is 6.96. The van der Waals surface area contributed by atoms with Gasteiger partial charge in [-0.2, -0.15) is 0 Å². The van der Waals surface area contributed by atoms with E-state index in [0.29, 0.717) is 18.0 Å². The first-order valence-corrected chi connectivity index (χ1v) is 6.57. The summed E-state index contributed by atoms with van der Waals surface area (Å²) in [4.78, 5) is 4.40. The van der Waals surface area contributed by atoms with Crippen molar-refractivity contribution in [3.63, 3.8) is 0 Å². The molecule has 104 valence electrons. The highest BCUT2D eigenvalue weighted by Crippen LogP contribution is 2.27. The lowest BCUT2D eigenvalue weighted by Gasteiger charge is -2.07. The second-order valence-electron chi connectivity index (χ2n) is 4.18. The van der Waals surface area contributed by atoms with Gasteiger partial charge in [0.15, 0.2) is 11.5 Å². The van der Waals surface area contributed by atoms with E-state index >= 15 is 0 Å². The lowest BCUT2D eigenvalue weighted by Crippen LogP contribution is -1.92. The predicted octanol–water partition coefficient (Wildman–Crippen LogP) is 3.98. The number of ether oxygens (including phenoxy) is 2. The number of hydrogen-bond donors (Lipinski definition) is 0. The molecule has 0 bridgehead atoms. The zero-order valence-corrected chi connectivity index (χ0v) is 12.2. The van der Waals surface area contributed by atoms with Gasteiger partial charge in [-0.15, -0.1) is 0 Å². The van der Waals surface area contributed by atoms with Crippen LogP contribution >= 0.6 is 11.6 Å². The summed E-state index contributed by atoms with van der Waals surface area (Å²) in [6.45, 7) is 0.550. The van der Waals surface area contributed by atoms with Crippen LogP contribution in [0.1, 0.15) is 11.1 Å². The Hall–Kier alpha value is -2.00. The smallest absolute Gasteiger partial charge is 0.161 e.